The molecule has 4 aromatic rings. The predicted molar refractivity (Wildman–Crippen MR) is 179 cm³/mol. The van der Waals surface area contributed by atoms with Gasteiger partial charge in [0.1, 0.15) is 16.6 Å². The number of rotatable bonds is 9. The molecule has 1 amide bonds. The minimum absolute atomic E-state index is 0.0302. The molecule has 1 aromatic carbocycles. The van der Waals surface area contributed by atoms with Crippen molar-refractivity contribution in [1.29, 1.82) is 0 Å². The fraction of sp³-hybridized carbons (Fsp3) is 0.469. The van der Waals surface area contributed by atoms with Crippen LogP contribution < -0.4 is 10.2 Å². The van der Waals surface area contributed by atoms with E-state index in [1.807, 2.05) is 96.0 Å². The van der Waals surface area contributed by atoms with Gasteiger partial charge in [0.15, 0.2) is 0 Å². The molecule has 2 N–H and O–H groups in total. The van der Waals surface area contributed by atoms with E-state index in [9.17, 15) is 9.90 Å². The average molecular weight is 607 g/mol. The molecule has 10 nitrogen and oxygen atoms in total. The van der Waals surface area contributed by atoms with Gasteiger partial charge in [-0.05, 0) is 32.9 Å². The molecule has 0 aliphatic carbocycles. The number of amides is 1. The van der Waals surface area contributed by atoms with Crippen LogP contribution in [-0.2, 0) is 0 Å². The number of aromatic nitrogens is 4. The molecular formula is C32H46N8O2S. The third kappa shape index (κ3) is 8.68. The Morgan fingerprint density at radius 1 is 0.977 bits per heavy atom. The second-order valence-corrected chi connectivity index (χ2v) is 10.5. The second-order valence-electron chi connectivity index (χ2n) is 9.49. The number of fused-ring (bicyclic) bond motifs is 1. The van der Waals surface area contributed by atoms with Gasteiger partial charge in [0, 0.05) is 81.0 Å². The number of pyridine rings is 1. The van der Waals surface area contributed by atoms with Crippen molar-refractivity contribution < 1.29 is 9.90 Å². The van der Waals surface area contributed by atoms with Gasteiger partial charge >= 0.3 is 0 Å². The number of aryl methyl sites for hydroxylation is 1. The number of hydrogen-bond acceptors (Lipinski definition) is 10. The monoisotopic (exact) mass is 606 g/mol. The van der Waals surface area contributed by atoms with E-state index < -0.39 is 0 Å². The quantitative estimate of drug-likeness (QED) is 0.242. The lowest BCUT2D eigenvalue weighted by Gasteiger charge is -2.34. The summed E-state index contributed by atoms with van der Waals surface area (Å²) in [7, 11) is 0. The van der Waals surface area contributed by atoms with Gasteiger partial charge in [0.2, 0.25) is 5.95 Å². The summed E-state index contributed by atoms with van der Waals surface area (Å²) in [6, 6.07) is 11.5. The van der Waals surface area contributed by atoms with E-state index in [4.69, 9.17) is 9.97 Å². The molecule has 5 rings (SSSR count). The van der Waals surface area contributed by atoms with Gasteiger partial charge in [0.25, 0.3) is 5.91 Å². The van der Waals surface area contributed by atoms with E-state index in [0.717, 1.165) is 52.7 Å². The maximum Gasteiger partial charge on any atom is 0.253 e. The summed E-state index contributed by atoms with van der Waals surface area (Å²) >= 11 is 1.55. The van der Waals surface area contributed by atoms with Crippen LogP contribution in [0, 0.1) is 6.92 Å². The molecule has 0 radical (unpaired) electrons. The minimum Gasteiger partial charge on any atom is -0.395 e. The molecule has 3 aromatic heterocycles. The Morgan fingerprint density at radius 3 is 2.37 bits per heavy atom. The minimum atomic E-state index is 0.0302. The zero-order chi connectivity index (χ0) is 31.4. The number of benzene rings is 1. The van der Waals surface area contributed by atoms with Crippen molar-refractivity contribution in [3.05, 3.63) is 53.9 Å². The molecule has 0 saturated carbocycles. The van der Waals surface area contributed by atoms with Crippen molar-refractivity contribution in [1.82, 2.24) is 29.7 Å². The van der Waals surface area contributed by atoms with E-state index in [1.165, 1.54) is 0 Å². The highest BCUT2D eigenvalue weighted by molar-refractivity contribution is 7.21. The summed E-state index contributed by atoms with van der Waals surface area (Å²) in [4.78, 5) is 37.9. The molecule has 11 heteroatoms. The lowest BCUT2D eigenvalue weighted by molar-refractivity contribution is 0.0773. The maximum atomic E-state index is 12.8. The standard InChI is InChI=1S/C28H34N8O2S.2C2H6/c1-4-35(5-2)27(38)21-8-6-7-20(16-21)26-31-22-17-24(29-18-23(22)39-26)32-25-15-19(3)30-28(33-25)36-11-9-34(10-12-36)13-14-37;2*1-2/h6-8,15-18,37H,4-5,9-14H2,1-3H3,(H,29,30,32,33);2*1-2H3. The fourth-order valence-corrected chi connectivity index (χ4v) is 5.62. The summed E-state index contributed by atoms with van der Waals surface area (Å²) in [5.41, 5.74) is 3.29. The van der Waals surface area contributed by atoms with Crippen LogP contribution in [0.2, 0.25) is 0 Å². The Balaban J connectivity index is 0.00000121. The zero-order valence-electron chi connectivity index (χ0n) is 26.6. The number of hydrogen-bond donors (Lipinski definition) is 2. The maximum absolute atomic E-state index is 12.8. The molecule has 1 saturated heterocycles. The van der Waals surface area contributed by atoms with E-state index >= 15 is 0 Å². The smallest absolute Gasteiger partial charge is 0.253 e. The largest absolute Gasteiger partial charge is 0.395 e. The Morgan fingerprint density at radius 2 is 1.70 bits per heavy atom. The number of β-amino-alcohol motifs (C(OH)–C–C–N with tert-alkyl or cyclic N) is 1. The predicted octanol–water partition coefficient (Wildman–Crippen LogP) is 5.85. The van der Waals surface area contributed by atoms with Crippen molar-refractivity contribution in [2.75, 3.05) is 62.6 Å². The molecule has 1 aliphatic rings. The molecular weight excluding hydrogens is 560 g/mol. The van der Waals surface area contributed by atoms with Gasteiger partial charge in [-0.2, -0.15) is 4.98 Å². The van der Waals surface area contributed by atoms with E-state index in [1.54, 1.807) is 11.3 Å². The summed E-state index contributed by atoms with van der Waals surface area (Å²) in [5.74, 6) is 2.06. The van der Waals surface area contributed by atoms with Crippen LogP contribution in [0.4, 0.5) is 17.6 Å². The lowest BCUT2D eigenvalue weighted by Crippen LogP contribution is -2.47. The molecule has 0 atom stereocenters. The Kier molecular flexibility index (Phi) is 13.2. The normalized spacial score (nSPS) is 13.1. The highest BCUT2D eigenvalue weighted by atomic mass is 32.1. The average Bonchev–Trinajstić information content (AvgIpc) is 3.47. The number of piperazine rings is 1. The van der Waals surface area contributed by atoms with Crippen LogP contribution in [0.1, 0.15) is 57.6 Å². The Bertz CT molecular complexity index is 1450. The van der Waals surface area contributed by atoms with E-state index in [0.29, 0.717) is 42.8 Å². The third-order valence-corrected chi connectivity index (χ3v) is 7.91. The van der Waals surface area contributed by atoms with Gasteiger partial charge in [-0.25, -0.2) is 15.0 Å². The van der Waals surface area contributed by atoms with Gasteiger partial charge in [-0.15, -0.1) is 11.3 Å². The van der Waals surface area contributed by atoms with Crippen molar-refractivity contribution in [3.63, 3.8) is 0 Å². The fourth-order valence-electron chi connectivity index (χ4n) is 4.71. The van der Waals surface area contributed by atoms with Crippen molar-refractivity contribution in [3.8, 4) is 10.6 Å². The first-order chi connectivity index (χ1) is 21.0. The number of nitrogens with one attached hydrogen (secondary N) is 1. The summed E-state index contributed by atoms with van der Waals surface area (Å²) in [5, 5.41) is 13.4. The first kappa shape index (κ1) is 33.8. The first-order valence-corrected chi connectivity index (χ1v) is 16.2. The number of nitrogens with zero attached hydrogens (tertiary/aromatic N) is 7. The topological polar surface area (TPSA) is 111 Å². The van der Waals surface area contributed by atoms with E-state index in [2.05, 4.69) is 25.1 Å². The number of aliphatic hydroxyl groups excluding tert-OH is 1. The van der Waals surface area contributed by atoms with Gasteiger partial charge in [0.05, 0.1) is 16.8 Å². The summed E-state index contributed by atoms with van der Waals surface area (Å²) in [6.45, 7) is 19.5. The number of carbonyl (C=O) groups excluding carboxylic acids is 1. The van der Waals surface area contributed by atoms with Crippen LogP contribution in [0.5, 0.6) is 0 Å². The SMILES string of the molecule is CC.CC.CCN(CC)C(=O)c1cccc(-c2nc3cc(Nc4cc(C)nc(N5CCN(CCO)CC5)n4)ncc3s2)c1. The summed E-state index contributed by atoms with van der Waals surface area (Å²) in [6.07, 6.45) is 1.82. The third-order valence-electron chi connectivity index (χ3n) is 6.85. The first-order valence-electron chi connectivity index (χ1n) is 15.3. The summed E-state index contributed by atoms with van der Waals surface area (Å²) < 4.78 is 0.969. The van der Waals surface area contributed by atoms with Crippen molar-refractivity contribution >= 4 is 45.0 Å². The molecule has 4 heterocycles. The number of anilines is 3. The Hall–Kier alpha value is -3.67. The molecule has 0 bridgehead atoms. The van der Waals surface area contributed by atoms with Crippen molar-refractivity contribution in [2.24, 2.45) is 0 Å². The molecule has 1 aliphatic heterocycles. The second kappa shape index (κ2) is 16.8. The highest BCUT2D eigenvalue weighted by Gasteiger charge is 2.20. The Labute approximate surface area is 259 Å². The molecule has 232 valence electrons. The van der Waals surface area contributed by atoms with Crippen LogP contribution in [0.3, 0.4) is 0 Å². The molecule has 0 unspecified atom stereocenters. The van der Waals surface area contributed by atoms with Crippen LogP contribution >= 0.6 is 11.3 Å². The number of aliphatic hydroxyl groups is 1. The van der Waals surface area contributed by atoms with Gasteiger partial charge in [-0.1, -0.05) is 39.8 Å². The molecule has 0 spiro atoms. The number of carbonyl (C=O) groups is 1. The highest BCUT2D eigenvalue weighted by Crippen LogP contribution is 2.32. The van der Waals surface area contributed by atoms with E-state index in [-0.39, 0.29) is 12.5 Å². The molecule has 43 heavy (non-hydrogen) atoms. The van der Waals surface area contributed by atoms with Crippen LogP contribution in [0.15, 0.2) is 42.6 Å². The van der Waals surface area contributed by atoms with Gasteiger partial charge < -0.3 is 20.2 Å². The van der Waals surface area contributed by atoms with Crippen molar-refractivity contribution in [2.45, 2.75) is 48.5 Å². The zero-order valence-corrected chi connectivity index (χ0v) is 27.4. The van der Waals surface area contributed by atoms with Crippen LogP contribution in [-0.4, -0.2) is 93.2 Å². The molecule has 1 fully saturated rings. The van der Waals surface area contributed by atoms with Gasteiger partial charge in [-0.3, -0.25) is 9.69 Å². The van der Waals surface area contributed by atoms with Crippen LogP contribution in [0.25, 0.3) is 20.8 Å². The lowest BCUT2D eigenvalue weighted by atomic mass is 10.1. The number of thiazole rings is 1.